The third-order valence-electron chi connectivity index (χ3n) is 5.42. The fourth-order valence-corrected chi connectivity index (χ4v) is 3.82. The van der Waals surface area contributed by atoms with Crippen molar-refractivity contribution in [1.29, 1.82) is 0 Å². The average Bonchev–Trinajstić information content (AvgIpc) is 3.13. The van der Waals surface area contributed by atoms with Crippen molar-refractivity contribution in [2.75, 3.05) is 6.54 Å². The largest absolute Gasteiger partial charge is 0.444 e. The molecule has 1 N–H and O–H groups in total. The second-order valence-electron chi connectivity index (χ2n) is 9.60. The molecule has 1 saturated heterocycles. The fraction of sp³-hybridized carbons (Fsp3) is 0.480. The summed E-state index contributed by atoms with van der Waals surface area (Å²) in [6.07, 6.45) is -2.23. The minimum atomic E-state index is -1.34. The van der Waals surface area contributed by atoms with Gasteiger partial charge in [0.15, 0.2) is 0 Å². The molecular formula is C25H31F2N3O3. The molecule has 0 bridgehead atoms. The second kappa shape index (κ2) is 9.85. The van der Waals surface area contributed by atoms with Gasteiger partial charge in [0.05, 0.1) is 18.3 Å². The number of benzene rings is 1. The maximum atomic E-state index is 14.6. The number of rotatable bonds is 5. The Balaban J connectivity index is 1.89. The van der Waals surface area contributed by atoms with Crippen LogP contribution >= 0.6 is 0 Å². The van der Waals surface area contributed by atoms with Crippen LogP contribution in [0.15, 0.2) is 42.5 Å². The quantitative estimate of drug-likeness (QED) is 0.646. The standard InChI is InChI=1S/C25H31F2N3O3/c1-15(2)18-11-12-19(28-22(18)27)21(16-9-7-6-8-10-16)29-23(31)20-13-17(26)14-30(20)24(32)33-25(3,4)5/h6-12,15,17,20-21H,13-14H2,1-5H3,(H,29,31). The SMILES string of the molecule is CC(C)c1ccc(C(NC(=O)C2CC(F)CN2C(=O)OC(C)(C)C)c2ccccc2)nc1F. The van der Waals surface area contributed by atoms with Crippen LogP contribution in [-0.2, 0) is 9.53 Å². The van der Waals surface area contributed by atoms with Gasteiger partial charge >= 0.3 is 6.09 Å². The number of carbonyl (C=O) groups excluding carboxylic acids is 2. The summed E-state index contributed by atoms with van der Waals surface area (Å²) in [5, 5.41) is 2.85. The van der Waals surface area contributed by atoms with Crippen molar-refractivity contribution >= 4 is 12.0 Å². The van der Waals surface area contributed by atoms with Gasteiger partial charge in [-0.1, -0.05) is 50.2 Å². The molecule has 1 fully saturated rings. The maximum absolute atomic E-state index is 14.6. The highest BCUT2D eigenvalue weighted by Crippen LogP contribution is 2.27. The third-order valence-corrected chi connectivity index (χ3v) is 5.42. The third kappa shape index (κ3) is 6.06. The molecule has 1 aromatic carbocycles. The van der Waals surface area contributed by atoms with Gasteiger partial charge in [-0.25, -0.2) is 14.2 Å². The average molecular weight is 460 g/mol. The van der Waals surface area contributed by atoms with Crippen molar-refractivity contribution in [3.63, 3.8) is 0 Å². The predicted molar refractivity (Wildman–Crippen MR) is 121 cm³/mol. The second-order valence-corrected chi connectivity index (χ2v) is 9.60. The highest BCUT2D eigenvalue weighted by molar-refractivity contribution is 5.87. The van der Waals surface area contributed by atoms with E-state index in [9.17, 15) is 18.4 Å². The number of alkyl halides is 1. The lowest BCUT2D eigenvalue weighted by Gasteiger charge is -2.29. The molecule has 1 aliphatic heterocycles. The summed E-state index contributed by atoms with van der Waals surface area (Å²) in [5.74, 6) is -1.19. The van der Waals surface area contributed by atoms with Crippen LogP contribution in [0.1, 0.15) is 69.8 Å². The molecule has 6 nitrogen and oxygen atoms in total. The van der Waals surface area contributed by atoms with E-state index in [-0.39, 0.29) is 18.9 Å². The first-order valence-electron chi connectivity index (χ1n) is 11.1. The molecule has 3 atom stereocenters. The van der Waals surface area contributed by atoms with Gasteiger partial charge in [-0.3, -0.25) is 9.69 Å². The lowest BCUT2D eigenvalue weighted by Crippen LogP contribution is -2.48. The van der Waals surface area contributed by atoms with E-state index in [1.807, 2.05) is 19.9 Å². The smallest absolute Gasteiger partial charge is 0.411 e. The summed E-state index contributed by atoms with van der Waals surface area (Å²) in [6.45, 7) is 8.63. The van der Waals surface area contributed by atoms with Gasteiger partial charge in [-0.15, -0.1) is 0 Å². The lowest BCUT2D eigenvalue weighted by atomic mass is 9.99. The van der Waals surface area contributed by atoms with Gasteiger partial charge < -0.3 is 10.1 Å². The molecule has 2 amide bonds. The molecular weight excluding hydrogens is 428 g/mol. The molecule has 0 radical (unpaired) electrons. The molecule has 2 heterocycles. The number of hydrogen-bond acceptors (Lipinski definition) is 4. The minimum Gasteiger partial charge on any atom is -0.444 e. The van der Waals surface area contributed by atoms with E-state index in [4.69, 9.17) is 4.74 Å². The van der Waals surface area contributed by atoms with E-state index in [0.29, 0.717) is 16.8 Å². The van der Waals surface area contributed by atoms with Crippen molar-refractivity contribution in [2.45, 2.75) is 70.8 Å². The zero-order valence-electron chi connectivity index (χ0n) is 19.6. The Hall–Kier alpha value is -3.03. The molecule has 1 aliphatic rings. The zero-order valence-corrected chi connectivity index (χ0v) is 19.6. The number of ether oxygens (including phenoxy) is 1. The number of hydrogen-bond donors (Lipinski definition) is 1. The molecule has 3 unspecified atom stereocenters. The Labute approximate surface area is 193 Å². The number of halogens is 2. The van der Waals surface area contributed by atoms with E-state index in [1.54, 1.807) is 57.2 Å². The van der Waals surface area contributed by atoms with Crippen LogP contribution in [0.25, 0.3) is 0 Å². The Kier molecular flexibility index (Phi) is 7.34. The monoisotopic (exact) mass is 459 g/mol. The van der Waals surface area contributed by atoms with Gasteiger partial charge in [0, 0.05) is 12.0 Å². The zero-order chi connectivity index (χ0) is 24.3. The summed E-state index contributed by atoms with van der Waals surface area (Å²) in [4.78, 5) is 31.0. The number of nitrogens with zero attached hydrogens (tertiary/aromatic N) is 2. The number of nitrogens with one attached hydrogen (secondary N) is 1. The first-order valence-corrected chi connectivity index (χ1v) is 11.1. The van der Waals surface area contributed by atoms with Crippen LogP contribution in [0.2, 0.25) is 0 Å². The van der Waals surface area contributed by atoms with Gasteiger partial charge in [0.25, 0.3) is 0 Å². The molecule has 0 aliphatic carbocycles. The van der Waals surface area contributed by atoms with Crippen molar-refractivity contribution < 1.29 is 23.1 Å². The van der Waals surface area contributed by atoms with Gasteiger partial charge in [0.1, 0.15) is 17.8 Å². The first kappa shape index (κ1) is 24.6. The molecule has 33 heavy (non-hydrogen) atoms. The van der Waals surface area contributed by atoms with E-state index < -0.39 is 41.8 Å². The minimum absolute atomic E-state index is 0.0429. The first-order chi connectivity index (χ1) is 15.5. The topological polar surface area (TPSA) is 71.5 Å². The van der Waals surface area contributed by atoms with Gasteiger partial charge in [-0.05, 0) is 38.3 Å². The number of likely N-dealkylation sites (tertiary alicyclic amines) is 1. The van der Waals surface area contributed by atoms with Crippen molar-refractivity contribution in [3.8, 4) is 0 Å². The molecule has 8 heteroatoms. The number of amides is 2. The van der Waals surface area contributed by atoms with Crippen LogP contribution in [0.4, 0.5) is 13.6 Å². The highest BCUT2D eigenvalue weighted by atomic mass is 19.1. The van der Waals surface area contributed by atoms with Crippen LogP contribution in [0, 0.1) is 5.95 Å². The van der Waals surface area contributed by atoms with Crippen LogP contribution < -0.4 is 5.32 Å². The molecule has 0 saturated carbocycles. The maximum Gasteiger partial charge on any atom is 0.411 e. The molecule has 2 aromatic rings. The van der Waals surface area contributed by atoms with E-state index >= 15 is 0 Å². The van der Waals surface area contributed by atoms with E-state index in [0.717, 1.165) is 4.90 Å². The molecule has 1 aromatic heterocycles. The Morgan fingerprint density at radius 1 is 1.15 bits per heavy atom. The van der Waals surface area contributed by atoms with Crippen LogP contribution in [-0.4, -0.2) is 46.2 Å². The van der Waals surface area contributed by atoms with E-state index in [2.05, 4.69) is 10.3 Å². The summed E-state index contributed by atoms with van der Waals surface area (Å²) in [5.41, 5.74) is 0.700. The number of carbonyl (C=O) groups is 2. The van der Waals surface area contributed by atoms with Crippen molar-refractivity contribution in [3.05, 3.63) is 65.2 Å². The Morgan fingerprint density at radius 3 is 2.39 bits per heavy atom. The van der Waals surface area contributed by atoms with Crippen molar-refractivity contribution in [2.24, 2.45) is 0 Å². The summed E-state index contributed by atoms with van der Waals surface area (Å²) >= 11 is 0. The van der Waals surface area contributed by atoms with Crippen LogP contribution in [0.5, 0.6) is 0 Å². The number of aromatic nitrogens is 1. The molecule has 3 rings (SSSR count). The highest BCUT2D eigenvalue weighted by Gasteiger charge is 2.42. The molecule has 178 valence electrons. The normalized spacial score (nSPS) is 19.5. The van der Waals surface area contributed by atoms with E-state index in [1.165, 1.54) is 0 Å². The predicted octanol–water partition coefficient (Wildman–Crippen LogP) is 4.90. The Morgan fingerprint density at radius 2 is 1.82 bits per heavy atom. The summed E-state index contributed by atoms with van der Waals surface area (Å²) < 4.78 is 34.2. The van der Waals surface area contributed by atoms with Gasteiger partial charge in [-0.2, -0.15) is 4.39 Å². The lowest BCUT2D eigenvalue weighted by molar-refractivity contribution is -0.126. The Bertz CT molecular complexity index is 992. The van der Waals surface area contributed by atoms with Crippen LogP contribution in [0.3, 0.4) is 0 Å². The fourth-order valence-electron chi connectivity index (χ4n) is 3.82. The van der Waals surface area contributed by atoms with Crippen molar-refractivity contribution in [1.82, 2.24) is 15.2 Å². The molecule has 0 spiro atoms. The summed E-state index contributed by atoms with van der Waals surface area (Å²) in [7, 11) is 0. The number of pyridine rings is 1. The summed E-state index contributed by atoms with van der Waals surface area (Å²) in [6, 6.07) is 10.5. The van der Waals surface area contributed by atoms with Gasteiger partial charge in [0.2, 0.25) is 11.9 Å².